The highest BCUT2D eigenvalue weighted by molar-refractivity contribution is 5.13. The van der Waals surface area contributed by atoms with E-state index in [0.717, 1.165) is 6.42 Å². The standard InChI is InChI=1S/C25H40O5/c1-16-12-24(28-15-23-19(4)18(3)20(5)25(26-6)30-23)29-22(17(16)2)14-27-13-21-10-8-7-9-11-21/h7-11,16-20,22-25H,12-15H2,1-6H3/t16-,17+,18+,19+,20?,22?,23?,24-,25+/m1/s1. The van der Waals surface area contributed by atoms with Crippen molar-refractivity contribution in [2.45, 2.75) is 72.4 Å². The largest absolute Gasteiger partial charge is 0.374 e. The molecule has 5 heteroatoms. The lowest BCUT2D eigenvalue weighted by Crippen LogP contribution is -2.48. The van der Waals surface area contributed by atoms with E-state index in [2.05, 4.69) is 46.8 Å². The van der Waals surface area contributed by atoms with E-state index in [1.807, 2.05) is 18.2 Å². The van der Waals surface area contributed by atoms with Gasteiger partial charge in [0.2, 0.25) is 0 Å². The van der Waals surface area contributed by atoms with Crippen molar-refractivity contribution in [3.63, 3.8) is 0 Å². The Morgan fingerprint density at radius 2 is 1.53 bits per heavy atom. The molecule has 2 saturated heterocycles. The van der Waals surface area contributed by atoms with Crippen molar-refractivity contribution < 1.29 is 23.7 Å². The molecule has 0 saturated carbocycles. The maximum atomic E-state index is 6.30. The van der Waals surface area contributed by atoms with E-state index in [0.29, 0.717) is 49.4 Å². The highest BCUT2D eigenvalue weighted by atomic mass is 16.7. The average Bonchev–Trinajstić information content (AvgIpc) is 2.75. The van der Waals surface area contributed by atoms with Crippen LogP contribution < -0.4 is 0 Å². The predicted molar refractivity (Wildman–Crippen MR) is 117 cm³/mol. The lowest BCUT2D eigenvalue weighted by atomic mass is 9.79. The normalized spacial score (nSPS) is 39.7. The second-order valence-corrected chi connectivity index (χ2v) is 9.37. The summed E-state index contributed by atoms with van der Waals surface area (Å²) in [6, 6.07) is 10.3. The van der Waals surface area contributed by atoms with Crippen molar-refractivity contribution in [1.82, 2.24) is 0 Å². The molecule has 0 amide bonds. The zero-order valence-electron chi connectivity index (χ0n) is 19.5. The van der Waals surface area contributed by atoms with Crippen molar-refractivity contribution in [3.05, 3.63) is 35.9 Å². The van der Waals surface area contributed by atoms with Gasteiger partial charge in [-0.1, -0.05) is 65.0 Å². The van der Waals surface area contributed by atoms with Crippen LogP contribution in [-0.2, 0) is 30.3 Å². The van der Waals surface area contributed by atoms with Crippen LogP contribution in [0.2, 0.25) is 0 Å². The lowest BCUT2D eigenvalue weighted by molar-refractivity contribution is -0.277. The van der Waals surface area contributed by atoms with Gasteiger partial charge in [0.1, 0.15) is 0 Å². The van der Waals surface area contributed by atoms with Crippen LogP contribution in [-0.4, -0.2) is 45.1 Å². The summed E-state index contributed by atoms with van der Waals surface area (Å²) in [5.74, 6) is 2.26. The van der Waals surface area contributed by atoms with Gasteiger partial charge in [-0.2, -0.15) is 0 Å². The minimum atomic E-state index is -0.215. The molecule has 5 nitrogen and oxygen atoms in total. The molecule has 9 atom stereocenters. The van der Waals surface area contributed by atoms with E-state index in [-0.39, 0.29) is 24.8 Å². The van der Waals surface area contributed by atoms with Crippen LogP contribution in [0.25, 0.3) is 0 Å². The van der Waals surface area contributed by atoms with Gasteiger partial charge in [-0.05, 0) is 29.2 Å². The predicted octanol–water partition coefficient (Wildman–Crippen LogP) is 4.89. The van der Waals surface area contributed by atoms with E-state index in [9.17, 15) is 0 Å². The van der Waals surface area contributed by atoms with E-state index in [1.165, 1.54) is 5.56 Å². The Morgan fingerprint density at radius 1 is 0.833 bits per heavy atom. The number of hydrogen-bond acceptors (Lipinski definition) is 5. The third-order valence-electron chi connectivity index (χ3n) is 7.43. The first-order valence-corrected chi connectivity index (χ1v) is 11.5. The van der Waals surface area contributed by atoms with Crippen LogP contribution >= 0.6 is 0 Å². The van der Waals surface area contributed by atoms with Crippen LogP contribution in [0, 0.1) is 29.6 Å². The lowest BCUT2D eigenvalue weighted by Gasteiger charge is -2.44. The molecule has 1 aromatic rings. The van der Waals surface area contributed by atoms with Crippen molar-refractivity contribution in [3.8, 4) is 0 Å². The van der Waals surface area contributed by atoms with Gasteiger partial charge in [-0.25, -0.2) is 0 Å². The fraction of sp³-hybridized carbons (Fsp3) is 0.760. The summed E-state index contributed by atoms with van der Waals surface area (Å²) in [7, 11) is 1.72. The highest BCUT2D eigenvalue weighted by Crippen LogP contribution is 2.36. The molecule has 3 rings (SSSR count). The first-order valence-electron chi connectivity index (χ1n) is 11.5. The fourth-order valence-electron chi connectivity index (χ4n) is 4.57. The molecular formula is C25H40O5. The molecule has 2 fully saturated rings. The van der Waals surface area contributed by atoms with Crippen LogP contribution in [0.3, 0.4) is 0 Å². The Bertz CT molecular complexity index is 621. The summed E-state index contributed by atoms with van der Waals surface area (Å²) >= 11 is 0. The second kappa shape index (κ2) is 11.1. The van der Waals surface area contributed by atoms with Crippen molar-refractivity contribution in [2.75, 3.05) is 20.3 Å². The monoisotopic (exact) mass is 420 g/mol. The molecule has 0 N–H and O–H groups in total. The molecule has 3 unspecified atom stereocenters. The first-order chi connectivity index (χ1) is 14.4. The second-order valence-electron chi connectivity index (χ2n) is 9.37. The van der Waals surface area contributed by atoms with E-state index in [4.69, 9.17) is 23.7 Å². The summed E-state index contributed by atoms with van der Waals surface area (Å²) in [6.07, 6.45) is 0.574. The van der Waals surface area contributed by atoms with E-state index in [1.54, 1.807) is 7.11 Å². The number of rotatable bonds is 8. The molecule has 1 aromatic carbocycles. The van der Waals surface area contributed by atoms with Gasteiger partial charge in [0, 0.05) is 19.4 Å². The number of benzene rings is 1. The maximum Gasteiger partial charge on any atom is 0.160 e. The highest BCUT2D eigenvalue weighted by Gasteiger charge is 2.40. The molecule has 0 spiro atoms. The summed E-state index contributed by atoms with van der Waals surface area (Å²) in [6.45, 7) is 13.0. The topological polar surface area (TPSA) is 46.2 Å². The van der Waals surface area contributed by atoms with E-state index < -0.39 is 0 Å². The Labute approximate surface area is 182 Å². The third-order valence-corrected chi connectivity index (χ3v) is 7.43. The third kappa shape index (κ3) is 5.83. The first kappa shape index (κ1) is 23.7. The Kier molecular flexibility index (Phi) is 8.72. The van der Waals surface area contributed by atoms with Crippen molar-refractivity contribution >= 4 is 0 Å². The van der Waals surface area contributed by atoms with Crippen LogP contribution in [0.5, 0.6) is 0 Å². The molecule has 30 heavy (non-hydrogen) atoms. The SMILES string of the molecule is CO[C@H]1OC(CO[C@H]2C[C@@H](C)[C@H](C)C(COCc3ccccc3)O2)[C@@H](C)[C@H](C)C1C. The Balaban J connectivity index is 1.49. The Morgan fingerprint density at radius 3 is 2.23 bits per heavy atom. The molecule has 2 aliphatic heterocycles. The molecule has 170 valence electrons. The van der Waals surface area contributed by atoms with Gasteiger partial charge in [0.15, 0.2) is 12.6 Å². The van der Waals surface area contributed by atoms with Crippen LogP contribution in [0.1, 0.15) is 46.6 Å². The van der Waals surface area contributed by atoms with Gasteiger partial charge in [-0.15, -0.1) is 0 Å². The molecule has 0 aromatic heterocycles. The molecule has 0 bridgehead atoms. The van der Waals surface area contributed by atoms with Crippen molar-refractivity contribution in [2.24, 2.45) is 29.6 Å². The molecule has 0 aliphatic carbocycles. The minimum absolute atomic E-state index is 0.0205. The van der Waals surface area contributed by atoms with Crippen molar-refractivity contribution in [1.29, 1.82) is 0 Å². The number of hydrogen-bond donors (Lipinski definition) is 0. The molecule has 2 heterocycles. The Hall–Kier alpha value is -0.980. The van der Waals surface area contributed by atoms with Gasteiger partial charge in [0.05, 0.1) is 32.0 Å². The van der Waals surface area contributed by atoms with Gasteiger partial charge >= 0.3 is 0 Å². The summed E-state index contributed by atoms with van der Waals surface area (Å²) in [4.78, 5) is 0. The van der Waals surface area contributed by atoms with E-state index >= 15 is 0 Å². The zero-order valence-corrected chi connectivity index (χ0v) is 19.5. The molecular weight excluding hydrogens is 380 g/mol. The van der Waals surface area contributed by atoms with Gasteiger partial charge in [0.25, 0.3) is 0 Å². The summed E-state index contributed by atoms with van der Waals surface area (Å²) in [5, 5.41) is 0. The molecule has 0 radical (unpaired) electrons. The fourth-order valence-corrected chi connectivity index (χ4v) is 4.57. The van der Waals surface area contributed by atoms with Crippen LogP contribution in [0.4, 0.5) is 0 Å². The minimum Gasteiger partial charge on any atom is -0.374 e. The maximum absolute atomic E-state index is 6.30. The van der Waals surface area contributed by atoms with Gasteiger partial charge in [-0.3, -0.25) is 0 Å². The number of ether oxygens (including phenoxy) is 5. The smallest absolute Gasteiger partial charge is 0.160 e. The quantitative estimate of drug-likeness (QED) is 0.599. The zero-order chi connectivity index (χ0) is 21.7. The summed E-state index contributed by atoms with van der Waals surface area (Å²) in [5.41, 5.74) is 1.18. The van der Waals surface area contributed by atoms with Crippen LogP contribution in [0.15, 0.2) is 30.3 Å². The van der Waals surface area contributed by atoms with Gasteiger partial charge < -0.3 is 23.7 Å². The number of methoxy groups -OCH3 is 1. The molecule has 2 aliphatic rings. The summed E-state index contributed by atoms with van der Waals surface area (Å²) < 4.78 is 30.2. The average molecular weight is 421 g/mol.